The fraction of sp³-hybridized carbons (Fsp3) is 0.261. The van der Waals surface area contributed by atoms with Gasteiger partial charge in [0.2, 0.25) is 5.95 Å². The maximum Gasteiger partial charge on any atom is 0.274 e. The van der Waals surface area contributed by atoms with Gasteiger partial charge in [0.25, 0.3) is 5.91 Å². The van der Waals surface area contributed by atoms with Crippen LogP contribution in [-0.2, 0) is 0 Å². The van der Waals surface area contributed by atoms with Crippen LogP contribution in [0, 0.1) is 0 Å². The molecule has 29 heavy (non-hydrogen) atoms. The minimum atomic E-state index is -0.285. The van der Waals surface area contributed by atoms with Crippen molar-refractivity contribution in [1.29, 1.82) is 0 Å². The Kier molecular flexibility index (Phi) is 6.00. The number of benzene rings is 2. The van der Waals surface area contributed by atoms with Crippen molar-refractivity contribution in [2.24, 2.45) is 0 Å². The van der Waals surface area contributed by atoms with Crippen molar-refractivity contribution in [2.45, 2.75) is 25.7 Å². The standard InChI is InChI=1S/C23H24N4O2/c28-22(20-14-15-24-23(26-20)27-16-8-1-2-9-17-27)25-19-12-6-7-13-21(19)29-18-10-4-3-5-11-18/h3-7,10-15H,1-2,8-9,16-17H2,(H,25,28). The molecule has 1 N–H and O–H groups in total. The molecule has 1 aliphatic heterocycles. The molecule has 0 radical (unpaired) electrons. The van der Waals surface area contributed by atoms with Crippen molar-refractivity contribution in [2.75, 3.05) is 23.3 Å². The highest BCUT2D eigenvalue weighted by molar-refractivity contribution is 6.03. The third-order valence-corrected chi connectivity index (χ3v) is 4.87. The largest absolute Gasteiger partial charge is 0.455 e. The molecular formula is C23H24N4O2. The lowest BCUT2D eigenvalue weighted by atomic mass is 10.2. The van der Waals surface area contributed by atoms with Gasteiger partial charge in [-0.05, 0) is 43.2 Å². The summed E-state index contributed by atoms with van der Waals surface area (Å²) in [4.78, 5) is 23.9. The van der Waals surface area contributed by atoms with Crippen LogP contribution in [0.3, 0.4) is 0 Å². The molecule has 6 heteroatoms. The Morgan fingerprint density at radius 2 is 1.62 bits per heavy atom. The van der Waals surface area contributed by atoms with Crippen molar-refractivity contribution in [3.8, 4) is 11.5 Å². The number of hydrogen-bond donors (Lipinski definition) is 1. The summed E-state index contributed by atoms with van der Waals surface area (Å²) in [6.07, 6.45) is 6.37. The van der Waals surface area contributed by atoms with E-state index in [0.717, 1.165) is 25.9 Å². The maximum atomic E-state index is 12.8. The van der Waals surface area contributed by atoms with Gasteiger partial charge < -0.3 is 15.0 Å². The molecule has 1 amide bonds. The molecule has 2 heterocycles. The fourth-order valence-electron chi connectivity index (χ4n) is 3.36. The normalized spacial score (nSPS) is 14.1. The van der Waals surface area contributed by atoms with Gasteiger partial charge in [-0.25, -0.2) is 9.97 Å². The summed E-state index contributed by atoms with van der Waals surface area (Å²) in [5.74, 6) is 1.62. The van der Waals surface area contributed by atoms with Crippen LogP contribution in [0.2, 0.25) is 0 Å². The molecule has 0 saturated carbocycles. The number of para-hydroxylation sites is 3. The SMILES string of the molecule is O=C(Nc1ccccc1Oc1ccccc1)c1ccnc(N2CCCCCC2)n1. The second-order valence-corrected chi connectivity index (χ2v) is 7.01. The van der Waals surface area contributed by atoms with Gasteiger partial charge >= 0.3 is 0 Å². The van der Waals surface area contributed by atoms with E-state index in [9.17, 15) is 4.79 Å². The van der Waals surface area contributed by atoms with Crippen LogP contribution in [0.1, 0.15) is 36.2 Å². The zero-order valence-corrected chi connectivity index (χ0v) is 16.3. The van der Waals surface area contributed by atoms with E-state index in [2.05, 4.69) is 20.2 Å². The molecule has 148 valence electrons. The van der Waals surface area contributed by atoms with Crippen LogP contribution in [0.25, 0.3) is 0 Å². The Morgan fingerprint density at radius 3 is 2.41 bits per heavy atom. The van der Waals surface area contributed by atoms with Crippen LogP contribution in [0.5, 0.6) is 11.5 Å². The molecule has 3 aromatic rings. The number of nitrogens with one attached hydrogen (secondary N) is 1. The predicted molar refractivity (Wildman–Crippen MR) is 114 cm³/mol. The first-order chi connectivity index (χ1) is 14.3. The highest BCUT2D eigenvalue weighted by atomic mass is 16.5. The number of hydrogen-bond acceptors (Lipinski definition) is 5. The molecular weight excluding hydrogens is 364 g/mol. The Morgan fingerprint density at radius 1 is 0.897 bits per heavy atom. The van der Waals surface area contributed by atoms with Crippen molar-refractivity contribution in [3.63, 3.8) is 0 Å². The fourth-order valence-corrected chi connectivity index (χ4v) is 3.36. The molecule has 1 saturated heterocycles. The van der Waals surface area contributed by atoms with Crippen LogP contribution < -0.4 is 15.0 Å². The third kappa shape index (κ3) is 4.90. The number of ether oxygens (including phenoxy) is 1. The number of carbonyl (C=O) groups is 1. The quantitative estimate of drug-likeness (QED) is 0.673. The molecule has 0 spiro atoms. The number of rotatable bonds is 5. The third-order valence-electron chi connectivity index (χ3n) is 4.87. The van der Waals surface area contributed by atoms with Gasteiger partial charge in [-0.3, -0.25) is 4.79 Å². The molecule has 2 aromatic carbocycles. The number of aromatic nitrogens is 2. The monoisotopic (exact) mass is 388 g/mol. The predicted octanol–water partition coefficient (Wildman–Crippen LogP) is 4.90. The van der Waals surface area contributed by atoms with E-state index in [1.54, 1.807) is 12.3 Å². The lowest BCUT2D eigenvalue weighted by Gasteiger charge is -2.20. The number of amides is 1. The minimum Gasteiger partial charge on any atom is -0.455 e. The number of carbonyl (C=O) groups excluding carboxylic acids is 1. The average Bonchev–Trinajstić information content (AvgIpc) is 3.06. The highest BCUT2D eigenvalue weighted by Crippen LogP contribution is 2.29. The van der Waals surface area contributed by atoms with E-state index in [1.807, 2.05) is 54.6 Å². The minimum absolute atomic E-state index is 0.285. The maximum absolute atomic E-state index is 12.8. The number of nitrogens with zero attached hydrogens (tertiary/aromatic N) is 3. The van der Waals surface area contributed by atoms with Gasteiger partial charge in [0, 0.05) is 19.3 Å². The molecule has 4 rings (SSSR count). The molecule has 1 aliphatic rings. The first kappa shape index (κ1) is 18.9. The lowest BCUT2D eigenvalue weighted by molar-refractivity contribution is 0.102. The first-order valence-corrected chi connectivity index (χ1v) is 10.0. The van der Waals surface area contributed by atoms with Crippen LogP contribution in [0.4, 0.5) is 11.6 Å². The molecule has 0 aliphatic carbocycles. The van der Waals surface area contributed by atoms with E-state index in [1.165, 1.54) is 12.8 Å². The first-order valence-electron chi connectivity index (χ1n) is 10.0. The summed E-state index contributed by atoms with van der Waals surface area (Å²) in [5, 5.41) is 2.92. The Balaban J connectivity index is 1.50. The molecule has 1 fully saturated rings. The highest BCUT2D eigenvalue weighted by Gasteiger charge is 2.16. The molecule has 1 aromatic heterocycles. The molecule has 0 atom stereocenters. The van der Waals surface area contributed by atoms with Crippen LogP contribution in [-0.4, -0.2) is 29.0 Å². The van der Waals surface area contributed by atoms with E-state index in [-0.39, 0.29) is 5.91 Å². The summed E-state index contributed by atoms with van der Waals surface area (Å²) >= 11 is 0. The smallest absolute Gasteiger partial charge is 0.274 e. The zero-order chi connectivity index (χ0) is 19.9. The Hall–Kier alpha value is -3.41. The van der Waals surface area contributed by atoms with Gasteiger partial charge in [-0.15, -0.1) is 0 Å². The lowest BCUT2D eigenvalue weighted by Crippen LogP contribution is -2.27. The van der Waals surface area contributed by atoms with Crippen molar-refractivity contribution in [1.82, 2.24) is 9.97 Å². The molecule has 0 bridgehead atoms. The zero-order valence-electron chi connectivity index (χ0n) is 16.3. The Labute approximate surface area is 170 Å². The topological polar surface area (TPSA) is 67.3 Å². The second kappa shape index (κ2) is 9.19. The second-order valence-electron chi connectivity index (χ2n) is 7.01. The van der Waals surface area contributed by atoms with Crippen LogP contribution in [0.15, 0.2) is 66.9 Å². The van der Waals surface area contributed by atoms with Gasteiger partial charge in [0.15, 0.2) is 5.75 Å². The van der Waals surface area contributed by atoms with Crippen LogP contribution >= 0.6 is 0 Å². The summed E-state index contributed by atoms with van der Waals surface area (Å²) in [7, 11) is 0. The van der Waals surface area contributed by atoms with E-state index in [4.69, 9.17) is 4.74 Å². The van der Waals surface area contributed by atoms with Gasteiger partial charge in [0.1, 0.15) is 11.4 Å². The summed E-state index contributed by atoms with van der Waals surface area (Å²) in [5.41, 5.74) is 0.935. The average molecular weight is 388 g/mol. The number of anilines is 2. The van der Waals surface area contributed by atoms with Gasteiger partial charge in [0.05, 0.1) is 5.69 Å². The molecule has 0 unspecified atom stereocenters. The Bertz CT molecular complexity index is 954. The summed E-state index contributed by atoms with van der Waals surface area (Å²) < 4.78 is 5.92. The van der Waals surface area contributed by atoms with Crippen molar-refractivity contribution < 1.29 is 9.53 Å². The van der Waals surface area contributed by atoms with Gasteiger partial charge in [-0.1, -0.05) is 43.2 Å². The van der Waals surface area contributed by atoms with E-state index >= 15 is 0 Å². The van der Waals surface area contributed by atoms with Gasteiger partial charge in [-0.2, -0.15) is 0 Å². The summed E-state index contributed by atoms with van der Waals surface area (Å²) in [6.45, 7) is 1.86. The summed E-state index contributed by atoms with van der Waals surface area (Å²) in [6, 6.07) is 18.5. The van der Waals surface area contributed by atoms with E-state index in [0.29, 0.717) is 28.8 Å². The van der Waals surface area contributed by atoms with E-state index < -0.39 is 0 Å². The molecule has 6 nitrogen and oxygen atoms in total. The van der Waals surface area contributed by atoms with Crippen molar-refractivity contribution >= 4 is 17.5 Å². The van der Waals surface area contributed by atoms with Crippen molar-refractivity contribution in [3.05, 3.63) is 72.6 Å².